The van der Waals surface area contributed by atoms with E-state index in [0.29, 0.717) is 6.54 Å². The molecule has 0 unspecified atom stereocenters. The minimum absolute atomic E-state index is 0.0288. The van der Waals surface area contributed by atoms with Crippen molar-refractivity contribution in [2.75, 3.05) is 11.9 Å². The Morgan fingerprint density at radius 1 is 1.33 bits per heavy atom. The monoisotopic (exact) mass is 333 g/mol. The quantitative estimate of drug-likeness (QED) is 0.781. The largest absolute Gasteiger partial charge is 0.366 e. The van der Waals surface area contributed by atoms with E-state index in [9.17, 15) is 14.0 Å². The Balaban J connectivity index is 1.95. The average molecular weight is 333 g/mol. The van der Waals surface area contributed by atoms with E-state index in [1.807, 2.05) is 31.5 Å². The topological polar surface area (TPSA) is 102 Å². The smallest absolute Gasteiger partial charge is 0.319 e. The summed E-state index contributed by atoms with van der Waals surface area (Å²) in [5.74, 6) is -1.62. The van der Waals surface area contributed by atoms with Crippen LogP contribution in [0.5, 0.6) is 0 Å². The maximum atomic E-state index is 13.4. The van der Waals surface area contributed by atoms with Crippen LogP contribution in [-0.2, 0) is 0 Å². The summed E-state index contributed by atoms with van der Waals surface area (Å²) in [6.45, 7) is 6.14. The number of amides is 3. The van der Waals surface area contributed by atoms with E-state index in [-0.39, 0.29) is 17.3 Å². The van der Waals surface area contributed by atoms with Crippen molar-refractivity contribution < 1.29 is 14.0 Å². The van der Waals surface area contributed by atoms with Crippen LogP contribution < -0.4 is 16.4 Å². The summed E-state index contributed by atoms with van der Waals surface area (Å²) in [7, 11) is 0. The minimum Gasteiger partial charge on any atom is -0.366 e. The van der Waals surface area contributed by atoms with Crippen molar-refractivity contribution in [2.24, 2.45) is 5.73 Å². The number of carbonyl (C=O) groups is 2. The van der Waals surface area contributed by atoms with Crippen molar-refractivity contribution in [2.45, 2.75) is 26.8 Å². The van der Waals surface area contributed by atoms with Gasteiger partial charge in [-0.05, 0) is 45.0 Å². The molecule has 0 fully saturated rings. The molecule has 0 saturated carbocycles. The third-order valence-electron chi connectivity index (χ3n) is 3.51. The fourth-order valence-corrected chi connectivity index (χ4v) is 2.39. The first-order chi connectivity index (χ1) is 11.3. The second-order valence-electron chi connectivity index (χ2n) is 5.61. The zero-order valence-corrected chi connectivity index (χ0v) is 13.8. The van der Waals surface area contributed by atoms with Crippen molar-refractivity contribution in [3.8, 4) is 0 Å². The Hall–Kier alpha value is -2.90. The Morgan fingerprint density at radius 2 is 2.04 bits per heavy atom. The number of nitrogens with one attached hydrogen (secondary N) is 2. The van der Waals surface area contributed by atoms with Gasteiger partial charge >= 0.3 is 6.03 Å². The van der Waals surface area contributed by atoms with Gasteiger partial charge in [-0.3, -0.25) is 9.48 Å². The molecule has 3 amide bonds. The SMILES string of the molecule is Cc1cc(C)n([C@@H](C)CNC(=O)Nc2ccc(F)c(C(N)=O)c2)n1. The maximum Gasteiger partial charge on any atom is 0.319 e. The highest BCUT2D eigenvalue weighted by atomic mass is 19.1. The van der Waals surface area contributed by atoms with Crippen LogP contribution in [0.4, 0.5) is 14.9 Å². The number of nitrogens with two attached hydrogens (primary N) is 1. The van der Waals surface area contributed by atoms with Gasteiger partial charge in [0.15, 0.2) is 0 Å². The number of anilines is 1. The number of carbonyl (C=O) groups excluding carboxylic acids is 2. The fourth-order valence-electron chi connectivity index (χ4n) is 2.39. The third-order valence-corrected chi connectivity index (χ3v) is 3.51. The lowest BCUT2D eigenvalue weighted by Crippen LogP contribution is -2.33. The molecular weight excluding hydrogens is 313 g/mol. The van der Waals surface area contributed by atoms with Gasteiger partial charge in [-0.15, -0.1) is 0 Å². The van der Waals surface area contributed by atoms with Gasteiger partial charge in [0.1, 0.15) is 5.82 Å². The summed E-state index contributed by atoms with van der Waals surface area (Å²) in [5, 5.41) is 9.61. The van der Waals surface area contributed by atoms with Crippen LogP contribution in [-0.4, -0.2) is 28.3 Å². The molecule has 0 aliphatic rings. The molecule has 1 heterocycles. The molecule has 1 aromatic carbocycles. The summed E-state index contributed by atoms with van der Waals surface area (Å²) < 4.78 is 15.2. The summed E-state index contributed by atoms with van der Waals surface area (Å²) in [4.78, 5) is 23.1. The Labute approximate surface area is 139 Å². The predicted molar refractivity (Wildman–Crippen MR) is 88.4 cm³/mol. The molecule has 2 aromatic rings. The Kier molecular flexibility index (Phi) is 5.18. The molecule has 2 rings (SSSR count). The average Bonchev–Trinajstić information content (AvgIpc) is 2.85. The van der Waals surface area contributed by atoms with Gasteiger partial charge in [0.25, 0.3) is 5.91 Å². The fraction of sp³-hybridized carbons (Fsp3) is 0.312. The molecule has 0 aliphatic carbocycles. The minimum atomic E-state index is -0.894. The highest BCUT2D eigenvalue weighted by Crippen LogP contribution is 2.14. The summed E-state index contributed by atoms with van der Waals surface area (Å²) in [6, 6.07) is 5.09. The second kappa shape index (κ2) is 7.12. The van der Waals surface area contributed by atoms with Gasteiger partial charge in [0.05, 0.1) is 17.3 Å². The van der Waals surface area contributed by atoms with Gasteiger partial charge in [0.2, 0.25) is 0 Å². The summed E-state index contributed by atoms with van der Waals surface area (Å²) in [6.07, 6.45) is 0. The molecule has 0 spiro atoms. The van der Waals surface area contributed by atoms with Gasteiger partial charge in [-0.1, -0.05) is 0 Å². The number of rotatable bonds is 5. The lowest BCUT2D eigenvalue weighted by atomic mass is 10.2. The standard InChI is InChI=1S/C16H20FN5O2/c1-9-6-10(2)22(21-9)11(3)8-19-16(24)20-12-4-5-14(17)13(7-12)15(18)23/h4-7,11H,8H2,1-3H3,(H2,18,23)(H2,19,20,24)/t11-/m0/s1. The van der Waals surface area contributed by atoms with Crippen molar-refractivity contribution in [1.82, 2.24) is 15.1 Å². The van der Waals surface area contributed by atoms with Crippen molar-refractivity contribution >= 4 is 17.6 Å². The third kappa shape index (κ3) is 4.09. The van der Waals surface area contributed by atoms with Crippen LogP contribution in [0.1, 0.15) is 34.7 Å². The summed E-state index contributed by atoms with van der Waals surface area (Å²) in [5.41, 5.74) is 7.00. The van der Waals surface area contributed by atoms with Gasteiger partial charge in [0, 0.05) is 17.9 Å². The zero-order chi connectivity index (χ0) is 17.9. The maximum absolute atomic E-state index is 13.4. The molecule has 4 N–H and O–H groups in total. The normalized spacial score (nSPS) is 11.8. The first kappa shape index (κ1) is 17.5. The van der Waals surface area contributed by atoms with E-state index >= 15 is 0 Å². The van der Waals surface area contributed by atoms with Crippen LogP contribution in [0.25, 0.3) is 0 Å². The number of primary amides is 1. The van der Waals surface area contributed by atoms with E-state index in [0.717, 1.165) is 17.5 Å². The number of urea groups is 1. The molecular formula is C16H20FN5O2. The molecule has 8 heteroatoms. The van der Waals surface area contributed by atoms with Gasteiger partial charge < -0.3 is 16.4 Å². The van der Waals surface area contributed by atoms with E-state index < -0.39 is 17.8 Å². The molecule has 1 aromatic heterocycles. The predicted octanol–water partition coefficient (Wildman–Crippen LogP) is 2.12. The van der Waals surface area contributed by atoms with Crippen molar-refractivity contribution in [1.29, 1.82) is 0 Å². The lowest BCUT2D eigenvalue weighted by Gasteiger charge is -2.15. The zero-order valence-electron chi connectivity index (χ0n) is 13.8. The van der Waals surface area contributed by atoms with Crippen LogP contribution in [0, 0.1) is 19.7 Å². The molecule has 1 atom stereocenters. The summed E-state index contributed by atoms with van der Waals surface area (Å²) >= 11 is 0. The second-order valence-corrected chi connectivity index (χ2v) is 5.61. The molecule has 7 nitrogen and oxygen atoms in total. The first-order valence-corrected chi connectivity index (χ1v) is 7.45. The van der Waals surface area contributed by atoms with Gasteiger partial charge in [-0.2, -0.15) is 5.10 Å². The Morgan fingerprint density at radius 3 is 2.62 bits per heavy atom. The van der Waals surface area contributed by atoms with Crippen LogP contribution >= 0.6 is 0 Å². The number of halogens is 1. The highest BCUT2D eigenvalue weighted by molar-refractivity contribution is 5.96. The van der Waals surface area contributed by atoms with Crippen LogP contribution in [0.15, 0.2) is 24.3 Å². The first-order valence-electron chi connectivity index (χ1n) is 7.45. The molecule has 0 saturated heterocycles. The van der Waals surface area contributed by atoms with E-state index in [2.05, 4.69) is 15.7 Å². The molecule has 0 radical (unpaired) electrons. The number of hydrogen-bond acceptors (Lipinski definition) is 3. The molecule has 24 heavy (non-hydrogen) atoms. The van der Waals surface area contributed by atoms with E-state index in [4.69, 9.17) is 5.73 Å². The van der Waals surface area contributed by atoms with Crippen LogP contribution in [0.2, 0.25) is 0 Å². The number of aromatic nitrogens is 2. The van der Waals surface area contributed by atoms with E-state index in [1.54, 1.807) is 0 Å². The molecule has 0 aliphatic heterocycles. The van der Waals surface area contributed by atoms with Gasteiger partial charge in [-0.25, -0.2) is 9.18 Å². The van der Waals surface area contributed by atoms with Crippen LogP contribution in [0.3, 0.4) is 0 Å². The number of nitrogens with zero attached hydrogens (tertiary/aromatic N) is 2. The number of hydrogen-bond donors (Lipinski definition) is 3. The molecule has 0 bridgehead atoms. The number of aryl methyl sites for hydroxylation is 2. The number of benzene rings is 1. The lowest BCUT2D eigenvalue weighted by molar-refractivity contribution is 0.0996. The molecule has 128 valence electrons. The van der Waals surface area contributed by atoms with Crippen molar-refractivity contribution in [3.63, 3.8) is 0 Å². The van der Waals surface area contributed by atoms with Crippen molar-refractivity contribution in [3.05, 3.63) is 47.0 Å². The highest BCUT2D eigenvalue weighted by Gasteiger charge is 2.13. The van der Waals surface area contributed by atoms with E-state index in [1.165, 1.54) is 12.1 Å². The Bertz CT molecular complexity index is 772.